The quantitative estimate of drug-likeness (QED) is 0.756. The molecule has 0 N–H and O–H groups in total. The summed E-state index contributed by atoms with van der Waals surface area (Å²) in [5.74, 6) is 0.762. The number of piperazine rings is 1. The minimum absolute atomic E-state index is 0.114. The van der Waals surface area contributed by atoms with Crippen LogP contribution in [0, 0.1) is 0 Å². The Labute approximate surface area is 131 Å². The van der Waals surface area contributed by atoms with Crippen LogP contribution in [0.4, 0.5) is 0 Å². The van der Waals surface area contributed by atoms with Gasteiger partial charge in [0.25, 0.3) is 0 Å². The van der Waals surface area contributed by atoms with Crippen LogP contribution < -0.4 is 4.74 Å². The van der Waals surface area contributed by atoms with Crippen LogP contribution in [0.2, 0.25) is 5.02 Å². The molecule has 0 bridgehead atoms. The summed E-state index contributed by atoms with van der Waals surface area (Å²) >= 11 is 6.17. The molecule has 0 amide bonds. The number of likely N-dealkylation sites (N-methyl/N-ethyl adjacent to an activating group) is 1. The van der Waals surface area contributed by atoms with Gasteiger partial charge in [0.1, 0.15) is 5.75 Å². The van der Waals surface area contributed by atoms with Crippen molar-refractivity contribution in [1.82, 2.24) is 9.80 Å². The van der Waals surface area contributed by atoms with Gasteiger partial charge in [-0.1, -0.05) is 18.5 Å². The van der Waals surface area contributed by atoms with Crippen LogP contribution in [-0.4, -0.2) is 62.0 Å². The fourth-order valence-electron chi connectivity index (χ4n) is 2.30. The summed E-state index contributed by atoms with van der Waals surface area (Å²) in [7, 11) is 2.11. The Morgan fingerprint density at radius 3 is 2.62 bits per heavy atom. The summed E-state index contributed by atoms with van der Waals surface area (Å²) in [6.07, 6.45) is 0.931. The predicted octanol–water partition coefficient (Wildman–Crippen LogP) is 2.56. The maximum absolute atomic E-state index is 12.3. The summed E-state index contributed by atoms with van der Waals surface area (Å²) in [6, 6.07) is 5.30. The lowest BCUT2D eigenvalue weighted by Crippen LogP contribution is -2.46. The summed E-state index contributed by atoms with van der Waals surface area (Å²) in [6.45, 7) is 7.03. The number of carbonyl (C=O) groups is 1. The molecule has 4 nitrogen and oxygen atoms in total. The summed E-state index contributed by atoms with van der Waals surface area (Å²) < 4.78 is 5.52. The van der Waals surface area contributed by atoms with E-state index in [2.05, 4.69) is 16.8 Å². The zero-order chi connectivity index (χ0) is 15.2. The van der Waals surface area contributed by atoms with Gasteiger partial charge in [0.05, 0.1) is 18.2 Å². The number of rotatable bonds is 6. The molecule has 0 radical (unpaired) electrons. The number of carbonyl (C=O) groups excluding carboxylic acids is 1. The highest BCUT2D eigenvalue weighted by atomic mass is 35.5. The molecule has 1 heterocycles. The molecule has 0 spiro atoms. The topological polar surface area (TPSA) is 32.8 Å². The molecular weight excluding hydrogens is 288 g/mol. The molecule has 0 saturated carbocycles. The number of hydrogen-bond donors (Lipinski definition) is 0. The van der Waals surface area contributed by atoms with Crippen molar-refractivity contribution >= 4 is 17.4 Å². The van der Waals surface area contributed by atoms with Gasteiger partial charge in [0, 0.05) is 31.7 Å². The molecule has 1 aromatic rings. The third kappa shape index (κ3) is 4.70. The summed E-state index contributed by atoms with van der Waals surface area (Å²) in [4.78, 5) is 16.8. The van der Waals surface area contributed by atoms with Crippen molar-refractivity contribution in [2.24, 2.45) is 0 Å². The molecule has 5 heteroatoms. The first kappa shape index (κ1) is 16.3. The van der Waals surface area contributed by atoms with Gasteiger partial charge >= 0.3 is 0 Å². The number of Topliss-reactive ketones (excluding diaryl/α,β-unsaturated/α-hetero) is 1. The molecule has 1 saturated heterocycles. The molecule has 21 heavy (non-hydrogen) atoms. The highest BCUT2D eigenvalue weighted by molar-refractivity contribution is 6.32. The zero-order valence-electron chi connectivity index (χ0n) is 12.8. The normalized spacial score (nSPS) is 16.9. The second-order valence-electron chi connectivity index (χ2n) is 5.50. The smallest absolute Gasteiger partial charge is 0.176 e. The van der Waals surface area contributed by atoms with E-state index < -0.39 is 0 Å². The van der Waals surface area contributed by atoms with E-state index in [1.165, 1.54) is 0 Å². The number of ketones is 1. The molecule has 1 aromatic carbocycles. The molecule has 2 rings (SSSR count). The Balaban J connectivity index is 1.94. The van der Waals surface area contributed by atoms with Gasteiger partial charge in [0.2, 0.25) is 0 Å². The molecule has 116 valence electrons. The number of nitrogens with zero attached hydrogens (tertiary/aromatic N) is 2. The Hall–Kier alpha value is -1.10. The Bertz CT molecular complexity index is 485. The molecule has 0 aliphatic carbocycles. The summed E-state index contributed by atoms with van der Waals surface area (Å²) in [5.41, 5.74) is 0.655. The van der Waals surface area contributed by atoms with E-state index >= 15 is 0 Å². The summed E-state index contributed by atoms with van der Waals surface area (Å²) in [5, 5.41) is 0.507. The SMILES string of the molecule is CCCOc1ccc(C(=O)CN2CCN(C)CC2)cc1Cl. The van der Waals surface area contributed by atoms with Crippen LogP contribution in [0.25, 0.3) is 0 Å². The molecule has 1 aliphatic heterocycles. The van der Waals surface area contributed by atoms with Gasteiger partial charge in [-0.15, -0.1) is 0 Å². The molecule has 0 unspecified atom stereocenters. The first-order chi connectivity index (χ1) is 10.1. The number of hydrogen-bond acceptors (Lipinski definition) is 4. The molecule has 1 fully saturated rings. The van der Waals surface area contributed by atoms with Gasteiger partial charge in [-0.05, 0) is 31.7 Å². The third-order valence-electron chi connectivity index (χ3n) is 3.68. The minimum atomic E-state index is 0.114. The van der Waals surface area contributed by atoms with Crippen molar-refractivity contribution < 1.29 is 9.53 Å². The van der Waals surface area contributed by atoms with Crippen LogP contribution in [0.3, 0.4) is 0 Å². The minimum Gasteiger partial charge on any atom is -0.492 e. The number of benzene rings is 1. The van der Waals surface area contributed by atoms with Gasteiger partial charge in [-0.3, -0.25) is 9.69 Å². The fraction of sp³-hybridized carbons (Fsp3) is 0.562. The largest absolute Gasteiger partial charge is 0.492 e. The van der Waals surface area contributed by atoms with E-state index in [0.717, 1.165) is 32.6 Å². The first-order valence-corrected chi connectivity index (χ1v) is 7.84. The van der Waals surface area contributed by atoms with E-state index in [-0.39, 0.29) is 5.78 Å². The van der Waals surface area contributed by atoms with Crippen molar-refractivity contribution in [3.8, 4) is 5.75 Å². The monoisotopic (exact) mass is 310 g/mol. The van der Waals surface area contributed by atoms with Crippen molar-refractivity contribution in [2.45, 2.75) is 13.3 Å². The van der Waals surface area contributed by atoms with Crippen molar-refractivity contribution in [2.75, 3.05) is 46.4 Å². The van der Waals surface area contributed by atoms with Crippen LogP contribution in [0.1, 0.15) is 23.7 Å². The lowest BCUT2D eigenvalue weighted by molar-refractivity contribution is 0.0876. The van der Waals surface area contributed by atoms with Gasteiger partial charge in [-0.25, -0.2) is 0 Å². The molecular formula is C16H23ClN2O2. The fourth-order valence-corrected chi connectivity index (χ4v) is 2.54. The van der Waals surface area contributed by atoms with Gasteiger partial charge in [0.15, 0.2) is 5.78 Å². The van der Waals surface area contributed by atoms with Crippen LogP contribution in [0.5, 0.6) is 5.75 Å². The maximum atomic E-state index is 12.3. The van der Waals surface area contributed by atoms with Crippen LogP contribution in [-0.2, 0) is 0 Å². The Morgan fingerprint density at radius 2 is 2.00 bits per heavy atom. The second-order valence-corrected chi connectivity index (χ2v) is 5.90. The second kappa shape index (κ2) is 7.78. The third-order valence-corrected chi connectivity index (χ3v) is 3.97. The average Bonchev–Trinajstić information content (AvgIpc) is 2.48. The lowest BCUT2D eigenvalue weighted by Gasteiger charge is -2.31. The highest BCUT2D eigenvalue weighted by Gasteiger charge is 2.18. The predicted molar refractivity (Wildman–Crippen MR) is 85.5 cm³/mol. The van der Waals surface area contributed by atoms with Crippen molar-refractivity contribution in [1.29, 1.82) is 0 Å². The molecule has 0 atom stereocenters. The van der Waals surface area contributed by atoms with Gasteiger partial charge < -0.3 is 9.64 Å². The van der Waals surface area contributed by atoms with Gasteiger partial charge in [-0.2, -0.15) is 0 Å². The van der Waals surface area contributed by atoms with E-state index in [1.54, 1.807) is 18.2 Å². The lowest BCUT2D eigenvalue weighted by atomic mass is 10.1. The van der Waals surface area contributed by atoms with E-state index in [1.807, 2.05) is 6.92 Å². The average molecular weight is 311 g/mol. The number of halogens is 1. The molecule has 0 aromatic heterocycles. The van der Waals surface area contributed by atoms with E-state index in [4.69, 9.17) is 16.3 Å². The van der Waals surface area contributed by atoms with Crippen molar-refractivity contribution in [3.05, 3.63) is 28.8 Å². The Kier molecular flexibility index (Phi) is 6.03. The molecule has 1 aliphatic rings. The van der Waals surface area contributed by atoms with Crippen molar-refractivity contribution in [3.63, 3.8) is 0 Å². The number of ether oxygens (including phenoxy) is 1. The Morgan fingerprint density at radius 1 is 1.29 bits per heavy atom. The zero-order valence-corrected chi connectivity index (χ0v) is 13.5. The highest BCUT2D eigenvalue weighted by Crippen LogP contribution is 2.26. The standard InChI is InChI=1S/C16H23ClN2O2/c1-3-10-21-16-5-4-13(11-14(16)17)15(20)12-19-8-6-18(2)7-9-19/h4-5,11H,3,6-10,12H2,1-2H3. The first-order valence-electron chi connectivity index (χ1n) is 7.46. The van der Waals surface area contributed by atoms with E-state index in [0.29, 0.717) is 29.5 Å². The maximum Gasteiger partial charge on any atom is 0.176 e. The van der Waals surface area contributed by atoms with E-state index in [9.17, 15) is 4.79 Å². The van der Waals surface area contributed by atoms with Crippen LogP contribution in [0.15, 0.2) is 18.2 Å². The van der Waals surface area contributed by atoms with Crippen LogP contribution >= 0.6 is 11.6 Å².